The van der Waals surface area contributed by atoms with Crippen molar-refractivity contribution < 1.29 is 19.4 Å². The van der Waals surface area contributed by atoms with Crippen LogP contribution < -0.4 is 15.0 Å². The predicted octanol–water partition coefficient (Wildman–Crippen LogP) is 6.30. The molecule has 1 amide bonds. The zero-order valence-electron chi connectivity index (χ0n) is 23.4. The van der Waals surface area contributed by atoms with E-state index in [4.69, 9.17) is 4.74 Å². The Morgan fingerprint density at radius 3 is 2.36 bits per heavy atom. The summed E-state index contributed by atoms with van der Waals surface area (Å²) in [5, 5.41) is 12.6. The van der Waals surface area contributed by atoms with Crippen LogP contribution in [0.25, 0.3) is 5.69 Å². The number of carboxylic acids is 1. The Balaban J connectivity index is 1.53. The number of hydrogen-bond donors (Lipinski definition) is 2. The average Bonchev–Trinajstić information content (AvgIpc) is 3.47. The molecule has 0 saturated carbocycles. The number of hydrogen-bond acceptors (Lipinski definition) is 4. The molecule has 1 aliphatic heterocycles. The molecular formula is C32H41N3O4. The lowest BCUT2D eigenvalue weighted by atomic mass is 9.96. The Morgan fingerprint density at radius 2 is 1.72 bits per heavy atom. The molecule has 208 valence electrons. The van der Waals surface area contributed by atoms with Gasteiger partial charge in [0.2, 0.25) is 5.91 Å². The number of unbranched alkanes of at least 4 members (excludes halogenated alkanes) is 1. The zero-order chi connectivity index (χ0) is 27.8. The van der Waals surface area contributed by atoms with Gasteiger partial charge in [-0.1, -0.05) is 38.0 Å². The molecule has 39 heavy (non-hydrogen) atoms. The maximum Gasteiger partial charge on any atom is 0.347 e. The van der Waals surface area contributed by atoms with E-state index in [9.17, 15) is 14.7 Å². The summed E-state index contributed by atoms with van der Waals surface area (Å²) in [4.78, 5) is 27.1. The van der Waals surface area contributed by atoms with Gasteiger partial charge < -0.3 is 24.6 Å². The highest BCUT2D eigenvalue weighted by molar-refractivity contribution is 5.79. The first-order valence-electron chi connectivity index (χ1n) is 14.1. The largest absolute Gasteiger partial charge is 0.478 e. The average molecular weight is 532 g/mol. The van der Waals surface area contributed by atoms with Crippen LogP contribution in [0.3, 0.4) is 0 Å². The van der Waals surface area contributed by atoms with Gasteiger partial charge in [-0.3, -0.25) is 4.79 Å². The van der Waals surface area contributed by atoms with Gasteiger partial charge in [-0.2, -0.15) is 0 Å². The molecule has 2 aromatic carbocycles. The highest BCUT2D eigenvalue weighted by Crippen LogP contribution is 2.34. The molecule has 2 N–H and O–H groups in total. The smallest absolute Gasteiger partial charge is 0.347 e. The van der Waals surface area contributed by atoms with Gasteiger partial charge in [0, 0.05) is 36.9 Å². The third kappa shape index (κ3) is 7.43. The van der Waals surface area contributed by atoms with Crippen molar-refractivity contribution in [3.8, 4) is 11.4 Å². The number of benzene rings is 2. The number of carbonyl (C=O) groups is 2. The monoisotopic (exact) mass is 531 g/mol. The van der Waals surface area contributed by atoms with Crippen molar-refractivity contribution in [2.45, 2.75) is 77.4 Å². The summed E-state index contributed by atoms with van der Waals surface area (Å²) in [6.07, 6.45) is 10.9. The molecule has 1 unspecified atom stereocenters. The van der Waals surface area contributed by atoms with Gasteiger partial charge in [-0.05, 0) is 87.1 Å². The number of amides is 1. The number of piperidine rings is 1. The second-order valence-corrected chi connectivity index (χ2v) is 10.9. The number of nitrogens with one attached hydrogen (secondary N) is 1. The van der Waals surface area contributed by atoms with Crippen LogP contribution in [0.2, 0.25) is 0 Å². The second-order valence-electron chi connectivity index (χ2n) is 10.9. The van der Waals surface area contributed by atoms with Gasteiger partial charge in [0.1, 0.15) is 5.75 Å². The first-order chi connectivity index (χ1) is 18.8. The minimum absolute atomic E-state index is 0.0327. The van der Waals surface area contributed by atoms with E-state index in [-0.39, 0.29) is 18.4 Å². The van der Waals surface area contributed by atoms with E-state index >= 15 is 0 Å². The first kappa shape index (κ1) is 28.3. The molecule has 4 rings (SSSR count). The Morgan fingerprint density at radius 1 is 1.03 bits per heavy atom. The number of carboxylic acid groups (broad SMARTS) is 1. The molecule has 7 nitrogen and oxygen atoms in total. The molecule has 0 radical (unpaired) electrons. The summed E-state index contributed by atoms with van der Waals surface area (Å²) in [6.45, 7) is 7.26. The van der Waals surface area contributed by atoms with Crippen molar-refractivity contribution in [3.63, 3.8) is 0 Å². The molecule has 1 atom stereocenters. The highest BCUT2D eigenvalue weighted by atomic mass is 16.5. The lowest BCUT2D eigenvalue weighted by Crippen LogP contribution is -2.37. The van der Waals surface area contributed by atoms with Crippen LogP contribution in [0.15, 0.2) is 67.0 Å². The molecule has 1 saturated heterocycles. The van der Waals surface area contributed by atoms with Gasteiger partial charge in [0.15, 0.2) is 5.60 Å². The fourth-order valence-corrected chi connectivity index (χ4v) is 5.06. The van der Waals surface area contributed by atoms with Crippen molar-refractivity contribution in [1.29, 1.82) is 0 Å². The molecule has 1 aromatic heterocycles. The van der Waals surface area contributed by atoms with Crippen LogP contribution in [0.5, 0.6) is 5.75 Å². The molecule has 3 aromatic rings. The number of ether oxygens (including phenoxy) is 1. The topological polar surface area (TPSA) is 83.8 Å². The van der Waals surface area contributed by atoms with Gasteiger partial charge in [-0.15, -0.1) is 0 Å². The summed E-state index contributed by atoms with van der Waals surface area (Å²) in [5.74, 6) is -0.606. The molecule has 2 heterocycles. The molecule has 0 spiro atoms. The molecule has 1 aliphatic rings. The van der Waals surface area contributed by atoms with E-state index in [0.29, 0.717) is 5.75 Å². The quantitative estimate of drug-likeness (QED) is 0.287. The molecule has 7 heteroatoms. The standard InChI is InChI=1S/C32H41N3O4/c1-4-5-11-28(33-30(36)22-24-12-15-26(16-13-24)39-32(2,3)31(37)38)27-17-14-25(34-18-9-10-19-34)23-29(27)35-20-7-6-8-21-35/h9-10,12-19,23,28H,4-8,11,20-22H2,1-3H3,(H,33,36)(H,37,38). The fourth-order valence-electron chi connectivity index (χ4n) is 5.06. The lowest BCUT2D eigenvalue weighted by Gasteiger charge is -2.33. The summed E-state index contributed by atoms with van der Waals surface area (Å²) >= 11 is 0. The van der Waals surface area contributed by atoms with Crippen LogP contribution >= 0.6 is 0 Å². The molecular weight excluding hydrogens is 490 g/mol. The minimum Gasteiger partial charge on any atom is -0.478 e. The second kappa shape index (κ2) is 12.9. The number of aliphatic carboxylic acids is 1. The van der Waals surface area contributed by atoms with Crippen molar-refractivity contribution in [1.82, 2.24) is 9.88 Å². The van der Waals surface area contributed by atoms with Crippen LogP contribution in [0, 0.1) is 0 Å². The van der Waals surface area contributed by atoms with E-state index in [0.717, 1.165) is 43.6 Å². The summed E-state index contributed by atoms with van der Waals surface area (Å²) < 4.78 is 7.72. The normalized spacial score (nSPS) is 14.6. The predicted molar refractivity (Wildman–Crippen MR) is 155 cm³/mol. The van der Waals surface area contributed by atoms with Gasteiger partial charge in [0.25, 0.3) is 0 Å². The van der Waals surface area contributed by atoms with E-state index in [1.807, 2.05) is 24.3 Å². The summed E-state index contributed by atoms with van der Waals surface area (Å²) in [5.41, 5.74) is 3.03. The third-order valence-corrected chi connectivity index (χ3v) is 7.35. The maximum absolute atomic E-state index is 13.3. The van der Waals surface area contributed by atoms with Crippen molar-refractivity contribution in [3.05, 3.63) is 78.1 Å². The number of carbonyl (C=O) groups excluding carboxylic acids is 1. The zero-order valence-corrected chi connectivity index (χ0v) is 23.4. The first-order valence-corrected chi connectivity index (χ1v) is 14.1. The Kier molecular flexibility index (Phi) is 9.33. The van der Waals surface area contributed by atoms with Crippen molar-refractivity contribution >= 4 is 17.6 Å². The van der Waals surface area contributed by atoms with Gasteiger partial charge >= 0.3 is 5.97 Å². The van der Waals surface area contributed by atoms with E-state index < -0.39 is 11.6 Å². The van der Waals surface area contributed by atoms with Gasteiger partial charge in [0.05, 0.1) is 12.5 Å². The number of anilines is 1. The summed E-state index contributed by atoms with van der Waals surface area (Å²) in [6, 6.07) is 17.7. The van der Waals surface area contributed by atoms with E-state index in [1.54, 1.807) is 12.1 Å². The number of aromatic nitrogens is 1. The Labute approximate surface area is 231 Å². The van der Waals surface area contributed by atoms with Crippen LogP contribution in [-0.4, -0.2) is 40.2 Å². The Bertz CT molecular complexity index is 1230. The fraction of sp³-hybridized carbons (Fsp3) is 0.438. The maximum atomic E-state index is 13.3. The van der Waals surface area contributed by atoms with Crippen LogP contribution in [-0.2, 0) is 16.0 Å². The SMILES string of the molecule is CCCCC(NC(=O)Cc1ccc(OC(C)(C)C(=O)O)cc1)c1ccc(-n2cccc2)cc1N1CCCCC1. The van der Waals surface area contributed by atoms with Crippen molar-refractivity contribution in [2.24, 2.45) is 0 Å². The molecule has 1 fully saturated rings. The highest BCUT2D eigenvalue weighted by Gasteiger charge is 2.29. The lowest BCUT2D eigenvalue weighted by molar-refractivity contribution is -0.152. The van der Waals surface area contributed by atoms with Crippen LogP contribution in [0.4, 0.5) is 5.69 Å². The Hall–Kier alpha value is -3.74. The molecule has 0 bridgehead atoms. The van der Waals surface area contributed by atoms with Crippen LogP contribution in [0.1, 0.15) is 76.5 Å². The number of rotatable bonds is 12. The molecule has 0 aliphatic carbocycles. The minimum atomic E-state index is -1.33. The van der Waals surface area contributed by atoms with E-state index in [1.165, 1.54) is 44.4 Å². The third-order valence-electron chi connectivity index (χ3n) is 7.35. The van der Waals surface area contributed by atoms with Crippen molar-refractivity contribution in [2.75, 3.05) is 18.0 Å². The van der Waals surface area contributed by atoms with E-state index in [2.05, 4.69) is 52.3 Å². The summed E-state index contributed by atoms with van der Waals surface area (Å²) in [7, 11) is 0. The number of nitrogens with zero attached hydrogens (tertiary/aromatic N) is 2. The van der Waals surface area contributed by atoms with Gasteiger partial charge in [-0.25, -0.2) is 4.79 Å².